The third-order valence-electron chi connectivity index (χ3n) is 8.30. The Morgan fingerprint density at radius 2 is 0.682 bits per heavy atom. The molecule has 0 bridgehead atoms. The Morgan fingerprint density at radius 3 is 0.939 bits per heavy atom. The van der Waals surface area contributed by atoms with Crippen LogP contribution < -0.4 is 128 Å². The van der Waals surface area contributed by atoms with Crippen LogP contribution in [0.25, 0.3) is 12.2 Å². The number of carboxylic acid groups (broad SMARTS) is 2. The molecule has 0 heterocycles. The number of rotatable bonds is 14. The van der Waals surface area contributed by atoms with E-state index in [1.54, 1.807) is 0 Å². The van der Waals surface area contributed by atoms with E-state index < -0.39 is 42.0 Å². The number of carbonyl (C=O) groups is 2. The van der Waals surface area contributed by atoms with Crippen LogP contribution >= 0.6 is 0 Å². The molecule has 0 aliphatic rings. The van der Waals surface area contributed by atoms with Gasteiger partial charge in [0.1, 0.15) is 31.6 Å². The van der Waals surface area contributed by atoms with Gasteiger partial charge in [0, 0.05) is 34.5 Å². The maximum absolute atomic E-state index is 12.9. The van der Waals surface area contributed by atoms with E-state index in [1.807, 2.05) is 0 Å². The molecule has 0 amide bonds. The van der Waals surface area contributed by atoms with E-state index in [0.717, 1.165) is 48.6 Å². The Hall–Kier alpha value is -4.18. The largest absolute Gasteiger partial charge is 1.00 e. The first-order valence-corrected chi connectivity index (χ1v) is 20.2. The van der Waals surface area contributed by atoms with Crippen LogP contribution in [-0.2, 0) is 20.2 Å². The van der Waals surface area contributed by atoms with Crippen LogP contribution in [0, 0.1) is 10.4 Å². The molecule has 0 saturated heterocycles. The number of hydrogen-bond acceptors (Lipinski definition) is 18. The molecule has 0 N–H and O–H groups in total. The van der Waals surface area contributed by atoms with Crippen molar-refractivity contribution in [2.45, 2.75) is 9.79 Å². The minimum absolute atomic E-state index is 0. The molecule has 0 aliphatic carbocycles. The average Bonchev–Trinajstić information content (AvgIpc) is 3.24. The zero-order chi connectivity index (χ0) is 44.6. The van der Waals surface area contributed by atoms with Crippen LogP contribution in [0.3, 0.4) is 0 Å². The van der Waals surface area contributed by atoms with Gasteiger partial charge in [-0.05, 0) is 107 Å². The Kier molecular flexibility index (Phi) is 22.7. The zero-order valence-corrected chi connectivity index (χ0v) is 44.8. The van der Waals surface area contributed by atoms with E-state index in [2.05, 4.69) is 30.7 Å². The van der Waals surface area contributed by atoms with Crippen molar-refractivity contribution in [3.8, 4) is 0 Å². The summed E-state index contributed by atoms with van der Waals surface area (Å²) in [6, 6.07) is 28.3. The van der Waals surface area contributed by atoms with E-state index in [-0.39, 0.29) is 173 Å². The number of benzene rings is 6. The number of aromatic carboxylic acids is 2. The van der Waals surface area contributed by atoms with Crippen molar-refractivity contribution in [3.05, 3.63) is 166 Å². The van der Waals surface area contributed by atoms with Crippen LogP contribution in [0.2, 0.25) is 0 Å². The monoisotopic (exact) mass is 964 g/mol. The van der Waals surface area contributed by atoms with Crippen LogP contribution in [0.15, 0.2) is 174 Å². The second-order valence-electron chi connectivity index (χ2n) is 12.5. The maximum Gasteiger partial charge on any atom is 1.00 e. The Balaban J connectivity index is 0.00000374. The predicted octanol–water partition coefficient (Wildman–Crippen LogP) is -4.91. The van der Waals surface area contributed by atoms with Gasteiger partial charge >= 0.3 is 118 Å². The first-order valence-electron chi connectivity index (χ1n) is 17.4. The molecular formula is C40H24N8Na4O12S2. The van der Waals surface area contributed by atoms with Gasteiger partial charge in [-0.3, -0.25) is 0 Å². The summed E-state index contributed by atoms with van der Waals surface area (Å²) in [6.45, 7) is 0. The second kappa shape index (κ2) is 25.8. The topological polar surface area (TPSA) is 321 Å². The fraction of sp³-hybridized carbons (Fsp3) is 0. The van der Waals surface area contributed by atoms with Crippen LogP contribution in [-0.4, -0.2) is 47.6 Å². The molecule has 0 fully saturated rings. The van der Waals surface area contributed by atoms with Crippen molar-refractivity contribution in [1.29, 1.82) is 0 Å². The summed E-state index contributed by atoms with van der Waals surface area (Å²) in [6.07, 6.45) is 2.05. The van der Waals surface area contributed by atoms with Crippen LogP contribution in [0.1, 0.15) is 31.8 Å². The molecule has 0 radical (unpaired) electrons. The predicted molar refractivity (Wildman–Crippen MR) is 211 cm³/mol. The van der Waals surface area contributed by atoms with Crippen molar-refractivity contribution in [2.24, 2.45) is 30.7 Å². The van der Waals surface area contributed by atoms with Crippen molar-refractivity contribution in [3.63, 3.8) is 0 Å². The molecule has 20 nitrogen and oxygen atoms in total. The van der Waals surface area contributed by atoms with Gasteiger partial charge in [-0.15, -0.1) is 0 Å². The third kappa shape index (κ3) is 16.3. The molecule has 0 aromatic heterocycles. The van der Waals surface area contributed by atoms with Crippen molar-refractivity contribution < 1.29 is 174 Å². The SMILES string of the molecule is O=C([O-])c1ccc(N=Nc2ccc(N=[N+]([O-])c3ccc(/C=C/c4ccc([N+]([O-])=Nc5ccc(N=Nc6ccc(C(=O)[O-])cc6)cc5)cc4S(=O)(=O)[O-])c(S(=O)(=O)[O-])c3)cc2)cc1.[Na+].[Na+].[Na+].[Na+]. The van der Waals surface area contributed by atoms with Gasteiger partial charge < -0.3 is 39.3 Å². The summed E-state index contributed by atoms with van der Waals surface area (Å²) in [7, 11) is -10.5. The Bertz CT molecular complexity index is 2880. The molecule has 6 aromatic rings. The maximum atomic E-state index is 12.9. The fourth-order valence-electron chi connectivity index (χ4n) is 5.23. The number of nitrogens with zero attached hydrogens (tertiary/aromatic N) is 8. The third-order valence-corrected chi connectivity index (χ3v) is 10.1. The molecule has 0 aliphatic heterocycles. The molecule has 0 saturated carbocycles. The molecule has 0 unspecified atom stereocenters. The molecule has 66 heavy (non-hydrogen) atoms. The van der Waals surface area contributed by atoms with Crippen molar-refractivity contribution in [1.82, 2.24) is 0 Å². The molecular weight excluding hydrogens is 941 g/mol. The van der Waals surface area contributed by atoms with Crippen molar-refractivity contribution in [2.75, 3.05) is 0 Å². The van der Waals surface area contributed by atoms with Gasteiger partial charge in [-0.2, -0.15) is 20.5 Å². The molecule has 0 spiro atoms. The van der Waals surface area contributed by atoms with Gasteiger partial charge in [-0.25, -0.2) is 16.8 Å². The van der Waals surface area contributed by atoms with Crippen LogP contribution in [0.5, 0.6) is 0 Å². The second-order valence-corrected chi connectivity index (χ2v) is 15.2. The van der Waals surface area contributed by atoms with Gasteiger partial charge in [-0.1, -0.05) is 46.1 Å². The van der Waals surface area contributed by atoms with Crippen LogP contribution in [0.4, 0.5) is 45.5 Å². The van der Waals surface area contributed by atoms with Gasteiger partial charge in [0.25, 0.3) is 0 Å². The van der Waals surface area contributed by atoms with Crippen molar-refractivity contribution >= 4 is 89.8 Å². The molecule has 0 atom stereocenters. The molecule has 6 aromatic carbocycles. The zero-order valence-electron chi connectivity index (χ0n) is 35.1. The summed E-state index contributed by atoms with van der Waals surface area (Å²) in [5.41, 5.74) is 0.249. The quantitative estimate of drug-likeness (QED) is 0.0248. The summed E-state index contributed by atoms with van der Waals surface area (Å²) in [5.74, 6) is -2.68. The molecule has 312 valence electrons. The first-order chi connectivity index (χ1) is 29.4. The first kappa shape index (κ1) is 57.9. The number of hydrogen-bond donors (Lipinski definition) is 0. The van der Waals surface area contributed by atoms with E-state index in [0.29, 0.717) is 22.7 Å². The van der Waals surface area contributed by atoms with Gasteiger partial charge in [0.15, 0.2) is 0 Å². The molecule has 26 heteroatoms. The Labute approximate surface area is 464 Å². The average molecular weight is 965 g/mol. The van der Waals surface area contributed by atoms with E-state index in [9.17, 15) is 56.2 Å². The van der Waals surface area contributed by atoms with Gasteiger partial charge in [0.2, 0.25) is 11.4 Å². The number of azo groups is 4. The number of carbonyl (C=O) groups excluding carboxylic acids is 2. The minimum Gasteiger partial charge on any atom is -0.744 e. The summed E-state index contributed by atoms with van der Waals surface area (Å²) < 4.78 is 73.6. The minimum atomic E-state index is -5.25. The smallest absolute Gasteiger partial charge is 0.744 e. The van der Waals surface area contributed by atoms with E-state index in [1.165, 1.54) is 97.1 Å². The molecule has 6 rings (SSSR count). The summed E-state index contributed by atoms with van der Waals surface area (Å²) >= 11 is 0. The fourth-order valence-corrected chi connectivity index (χ4v) is 6.61. The summed E-state index contributed by atoms with van der Waals surface area (Å²) in [5, 5.41) is 71.3. The van der Waals surface area contributed by atoms with Gasteiger partial charge in [0.05, 0.1) is 44.5 Å². The standard InChI is InChI=1S/C40H28N8O12S2.4Na/c49-39(50)27-3-9-29(10-4-27)41-43-31-13-17-33(18-14-31)45-47(53)35-21-7-25(37(23-35)61(55,56)57)1-2-26-8-22-36(24-38(26)62(58,59)60)48(54)46-34-19-15-32(16-20-34)44-42-30-11-5-28(6-12-30)40(51)52;;;;/h1-24H,(H,49,50)(H,51,52)(H,55,56,57)(H,58,59,60);;;;/q;4*+1/p-4/b2-1+,43-41?,44-42?,47-45?,48-46?;;;;. The Morgan fingerprint density at radius 1 is 0.424 bits per heavy atom. The normalized spacial score (nSPS) is 11.9. The van der Waals surface area contributed by atoms with E-state index in [4.69, 9.17) is 0 Å². The summed E-state index contributed by atoms with van der Waals surface area (Å²) in [4.78, 5) is 20.2. The number of carboxylic acids is 2. The van der Waals surface area contributed by atoms with E-state index >= 15 is 0 Å².